The van der Waals surface area contributed by atoms with Crippen LogP contribution >= 0.6 is 11.3 Å². The van der Waals surface area contributed by atoms with E-state index in [2.05, 4.69) is 20.6 Å². The second-order valence-corrected chi connectivity index (χ2v) is 12.5. The molecule has 1 aliphatic carbocycles. The predicted molar refractivity (Wildman–Crippen MR) is 155 cm³/mol. The summed E-state index contributed by atoms with van der Waals surface area (Å²) in [6.07, 6.45) is 6.00. The Bertz CT molecular complexity index is 1810. The van der Waals surface area contributed by atoms with E-state index in [1.807, 2.05) is 23.1 Å². The van der Waals surface area contributed by atoms with Gasteiger partial charge in [-0.05, 0) is 79.3 Å². The SMILES string of the molecule is Nc1c(N2CCc3ccc(CNC(=O)c4nc5sc6c(c5c(=O)[nH]4)CCC4(CCNCC4)C6)cc3C2)c(=O)c1=O. The maximum Gasteiger partial charge on any atom is 0.287 e. The molecule has 4 heterocycles. The van der Waals surface area contributed by atoms with E-state index in [4.69, 9.17) is 5.73 Å². The summed E-state index contributed by atoms with van der Waals surface area (Å²) in [5.74, 6) is -0.413. The molecular formula is C29H30N6O4S. The number of nitrogens with two attached hydrogens (primary N) is 1. The van der Waals surface area contributed by atoms with Gasteiger partial charge in [0.05, 0.1) is 5.39 Å². The van der Waals surface area contributed by atoms with E-state index < -0.39 is 16.8 Å². The molecule has 5 N–H and O–H groups in total. The number of aryl methyl sites for hydroxylation is 1. The summed E-state index contributed by atoms with van der Waals surface area (Å²) in [6.45, 7) is 3.43. The molecule has 2 aromatic heterocycles. The van der Waals surface area contributed by atoms with Crippen molar-refractivity contribution in [3.8, 4) is 0 Å². The Labute approximate surface area is 233 Å². The van der Waals surface area contributed by atoms with Gasteiger partial charge in [0.1, 0.15) is 16.2 Å². The molecule has 40 heavy (non-hydrogen) atoms. The number of carbonyl (C=O) groups is 1. The number of anilines is 2. The normalized spacial score (nSPS) is 18.1. The molecule has 0 unspecified atom stereocenters. The topological polar surface area (TPSA) is 150 Å². The van der Waals surface area contributed by atoms with Crippen LogP contribution in [0.1, 0.15) is 57.0 Å². The number of amides is 1. The van der Waals surface area contributed by atoms with Gasteiger partial charge >= 0.3 is 0 Å². The Morgan fingerprint density at radius 3 is 2.73 bits per heavy atom. The third-order valence-electron chi connectivity index (χ3n) is 9.04. The van der Waals surface area contributed by atoms with Crippen molar-refractivity contribution in [3.63, 3.8) is 0 Å². The van der Waals surface area contributed by atoms with Crippen LogP contribution in [0.2, 0.25) is 0 Å². The fraction of sp³-hybridized carbons (Fsp3) is 0.414. The van der Waals surface area contributed by atoms with Crippen molar-refractivity contribution < 1.29 is 4.79 Å². The van der Waals surface area contributed by atoms with Gasteiger partial charge in [-0.1, -0.05) is 18.2 Å². The van der Waals surface area contributed by atoms with Gasteiger partial charge < -0.3 is 26.3 Å². The number of aromatic nitrogens is 2. The number of benzene rings is 1. The zero-order valence-corrected chi connectivity index (χ0v) is 22.8. The first kappa shape index (κ1) is 25.2. The number of carbonyl (C=O) groups excluding carboxylic acids is 1. The van der Waals surface area contributed by atoms with Crippen molar-refractivity contribution >= 4 is 38.8 Å². The lowest BCUT2D eigenvalue weighted by Crippen LogP contribution is -2.44. The third kappa shape index (κ3) is 4.06. The molecule has 0 radical (unpaired) electrons. The summed E-state index contributed by atoms with van der Waals surface area (Å²) in [7, 11) is 0. The van der Waals surface area contributed by atoms with Crippen molar-refractivity contribution in [3.05, 3.63) is 82.0 Å². The number of nitrogen functional groups attached to an aromatic ring is 1. The molecular weight excluding hydrogens is 528 g/mol. The smallest absolute Gasteiger partial charge is 0.287 e. The number of piperidine rings is 1. The van der Waals surface area contributed by atoms with Gasteiger partial charge in [-0.3, -0.25) is 19.2 Å². The second kappa shape index (κ2) is 9.38. The summed E-state index contributed by atoms with van der Waals surface area (Å²) in [6, 6.07) is 5.98. The van der Waals surface area contributed by atoms with E-state index in [9.17, 15) is 19.2 Å². The molecule has 11 heteroatoms. The summed E-state index contributed by atoms with van der Waals surface area (Å²) in [5.41, 5.74) is 9.20. The highest BCUT2D eigenvalue weighted by molar-refractivity contribution is 7.18. The maximum atomic E-state index is 13.1. The lowest BCUT2D eigenvalue weighted by molar-refractivity contribution is 0.0940. The molecule has 3 aliphatic rings. The zero-order chi connectivity index (χ0) is 27.6. The molecule has 0 saturated carbocycles. The molecule has 1 saturated heterocycles. The molecule has 2 aliphatic heterocycles. The highest BCUT2D eigenvalue weighted by Gasteiger charge is 2.37. The second-order valence-electron chi connectivity index (χ2n) is 11.4. The average Bonchev–Trinajstić information content (AvgIpc) is 3.33. The van der Waals surface area contributed by atoms with E-state index in [0.29, 0.717) is 34.4 Å². The minimum atomic E-state index is -0.615. The van der Waals surface area contributed by atoms with Crippen LogP contribution in [0.25, 0.3) is 10.2 Å². The Kier molecular flexibility index (Phi) is 5.90. The summed E-state index contributed by atoms with van der Waals surface area (Å²) in [5, 5.41) is 6.97. The van der Waals surface area contributed by atoms with Crippen molar-refractivity contribution in [2.24, 2.45) is 5.41 Å². The first-order chi connectivity index (χ1) is 19.3. The Morgan fingerprint density at radius 2 is 1.93 bits per heavy atom. The van der Waals surface area contributed by atoms with Crippen LogP contribution in [0.5, 0.6) is 0 Å². The Morgan fingerprint density at radius 1 is 1.10 bits per heavy atom. The lowest BCUT2D eigenvalue weighted by Gasteiger charge is -2.40. The average molecular weight is 559 g/mol. The molecule has 2 aromatic carbocycles. The highest BCUT2D eigenvalue weighted by Crippen LogP contribution is 2.46. The molecule has 1 spiro atoms. The van der Waals surface area contributed by atoms with Crippen LogP contribution < -0.4 is 37.7 Å². The molecule has 0 atom stereocenters. The summed E-state index contributed by atoms with van der Waals surface area (Å²) >= 11 is 1.56. The summed E-state index contributed by atoms with van der Waals surface area (Å²) < 4.78 is 0. The monoisotopic (exact) mass is 558 g/mol. The van der Waals surface area contributed by atoms with Crippen molar-refractivity contribution in [2.75, 3.05) is 30.3 Å². The standard InChI is InChI=1S/C29H30N6O4S/c30-21-22(24(37)23(21)36)35-10-4-16-2-1-15(11-17(16)14-35)13-32-27(39)25-33-26(38)20-18-3-5-29(6-8-31-9-7-29)12-19(18)40-28(20)34-25/h1-2,11,31H,3-10,12-14,30H2,(H,32,39)(H,33,34,38). The zero-order valence-electron chi connectivity index (χ0n) is 22.0. The minimum Gasteiger partial charge on any atom is -0.394 e. The fourth-order valence-corrected chi connectivity index (χ4v) is 8.11. The van der Waals surface area contributed by atoms with Crippen LogP contribution in [0, 0.1) is 5.41 Å². The maximum absolute atomic E-state index is 13.1. The highest BCUT2D eigenvalue weighted by atomic mass is 32.1. The van der Waals surface area contributed by atoms with Crippen molar-refractivity contribution in [1.29, 1.82) is 0 Å². The first-order valence-electron chi connectivity index (χ1n) is 13.8. The van der Waals surface area contributed by atoms with Crippen LogP contribution in [-0.2, 0) is 32.4 Å². The molecule has 1 amide bonds. The van der Waals surface area contributed by atoms with E-state index >= 15 is 0 Å². The number of nitrogens with zero attached hydrogens (tertiary/aromatic N) is 2. The number of rotatable bonds is 4. The predicted octanol–water partition coefficient (Wildman–Crippen LogP) is 1.51. The third-order valence-corrected chi connectivity index (χ3v) is 10.2. The van der Waals surface area contributed by atoms with Crippen molar-refractivity contribution in [1.82, 2.24) is 20.6 Å². The van der Waals surface area contributed by atoms with Gasteiger partial charge in [0, 0.05) is 24.5 Å². The molecule has 1 fully saturated rings. The Hall–Kier alpha value is -3.83. The summed E-state index contributed by atoms with van der Waals surface area (Å²) in [4.78, 5) is 60.7. The molecule has 206 valence electrons. The number of aromatic amines is 1. The molecule has 7 rings (SSSR count). The van der Waals surface area contributed by atoms with Gasteiger partial charge in [0.25, 0.3) is 22.3 Å². The van der Waals surface area contributed by atoms with Crippen molar-refractivity contribution in [2.45, 2.75) is 51.6 Å². The number of nitrogens with one attached hydrogen (secondary N) is 3. The Balaban J connectivity index is 1.07. The molecule has 10 nitrogen and oxygen atoms in total. The van der Waals surface area contributed by atoms with Gasteiger partial charge in [-0.25, -0.2) is 4.98 Å². The van der Waals surface area contributed by atoms with Crippen LogP contribution in [0.3, 0.4) is 0 Å². The first-order valence-corrected chi connectivity index (χ1v) is 14.6. The quantitative estimate of drug-likeness (QED) is 0.275. The van der Waals surface area contributed by atoms with Gasteiger partial charge in [-0.2, -0.15) is 0 Å². The van der Waals surface area contributed by atoms with Gasteiger partial charge in [-0.15, -0.1) is 11.3 Å². The molecule has 4 aromatic rings. The fourth-order valence-electron chi connectivity index (χ4n) is 6.72. The number of fused-ring (bicyclic) bond motifs is 4. The number of hydrogen-bond donors (Lipinski definition) is 4. The van der Waals surface area contributed by atoms with E-state index in [0.717, 1.165) is 73.9 Å². The largest absolute Gasteiger partial charge is 0.394 e. The van der Waals surface area contributed by atoms with E-state index in [1.165, 1.54) is 4.88 Å². The van der Waals surface area contributed by atoms with Gasteiger partial charge in [0.2, 0.25) is 5.82 Å². The minimum absolute atomic E-state index is 0.0207. The van der Waals surface area contributed by atoms with Crippen LogP contribution in [-0.4, -0.2) is 35.5 Å². The number of thiophene rings is 1. The lowest BCUT2D eigenvalue weighted by atomic mass is 9.68. The number of H-pyrrole nitrogens is 1. The number of hydrogen-bond acceptors (Lipinski definition) is 9. The molecule has 0 bridgehead atoms. The van der Waals surface area contributed by atoms with Crippen LogP contribution in [0.4, 0.5) is 11.4 Å². The van der Waals surface area contributed by atoms with E-state index in [-0.39, 0.29) is 23.6 Å². The van der Waals surface area contributed by atoms with E-state index in [1.54, 1.807) is 11.3 Å². The van der Waals surface area contributed by atoms with Crippen LogP contribution in [0.15, 0.2) is 32.6 Å². The van der Waals surface area contributed by atoms with Gasteiger partial charge in [0.15, 0.2) is 0 Å².